The van der Waals surface area contributed by atoms with Gasteiger partial charge in [0.15, 0.2) is 0 Å². The van der Waals surface area contributed by atoms with E-state index in [-0.39, 0.29) is 16.7 Å². The Kier molecular flexibility index (Phi) is 5.52. The van der Waals surface area contributed by atoms with E-state index in [1.807, 2.05) is 35.7 Å². The predicted molar refractivity (Wildman–Crippen MR) is 102 cm³/mol. The summed E-state index contributed by atoms with van der Waals surface area (Å²) >= 11 is 2.82. The molecule has 0 spiro atoms. The minimum atomic E-state index is -0.316. The van der Waals surface area contributed by atoms with Crippen molar-refractivity contribution in [3.8, 4) is 11.1 Å². The summed E-state index contributed by atoms with van der Waals surface area (Å²) in [5.74, 6) is 0.765. The van der Waals surface area contributed by atoms with E-state index in [4.69, 9.17) is 0 Å². The first kappa shape index (κ1) is 17.7. The summed E-state index contributed by atoms with van der Waals surface area (Å²) in [4.78, 5) is 36.9. The lowest BCUT2D eigenvalue weighted by Gasteiger charge is -2.09. The second-order valence-electron chi connectivity index (χ2n) is 5.33. The third-order valence-corrected chi connectivity index (χ3v) is 5.65. The Morgan fingerprint density at radius 1 is 1.40 bits per heavy atom. The molecule has 25 heavy (non-hydrogen) atoms. The highest BCUT2D eigenvalue weighted by molar-refractivity contribution is 7.99. The Bertz CT molecular complexity index is 937. The molecule has 6 nitrogen and oxygen atoms in total. The highest BCUT2D eigenvalue weighted by atomic mass is 32.2. The molecule has 1 aromatic carbocycles. The summed E-state index contributed by atoms with van der Waals surface area (Å²) in [5, 5.41) is 2.24. The second kappa shape index (κ2) is 7.81. The number of hydrogen-bond donors (Lipinski definition) is 2. The second-order valence-corrected chi connectivity index (χ2v) is 7.52. The topological polar surface area (TPSA) is 84.1 Å². The number of carbonyl (C=O) groups excluding carboxylic acids is 1. The van der Waals surface area contributed by atoms with Crippen molar-refractivity contribution in [2.75, 3.05) is 7.11 Å². The van der Waals surface area contributed by atoms with Gasteiger partial charge in [0.2, 0.25) is 0 Å². The van der Waals surface area contributed by atoms with E-state index in [0.717, 1.165) is 11.1 Å². The van der Waals surface area contributed by atoms with Crippen LogP contribution in [0.3, 0.4) is 0 Å². The van der Waals surface area contributed by atoms with Crippen LogP contribution >= 0.6 is 23.1 Å². The van der Waals surface area contributed by atoms with Gasteiger partial charge in [0.05, 0.1) is 23.5 Å². The summed E-state index contributed by atoms with van der Waals surface area (Å²) in [5.41, 5.74) is 4.02. The van der Waals surface area contributed by atoms with E-state index in [1.54, 1.807) is 6.92 Å². The summed E-state index contributed by atoms with van der Waals surface area (Å²) in [6, 6.07) is 9.77. The van der Waals surface area contributed by atoms with Gasteiger partial charge in [0.25, 0.3) is 11.5 Å². The SMILES string of the molecule is CONC(=O)[C@@H](C)SCc1nc2scc(-c3ccccc3)c2c(=O)[nH]1. The zero-order valence-corrected chi connectivity index (χ0v) is 15.4. The first-order valence-corrected chi connectivity index (χ1v) is 9.53. The van der Waals surface area contributed by atoms with Gasteiger partial charge < -0.3 is 4.98 Å². The van der Waals surface area contributed by atoms with Crippen molar-refractivity contribution in [3.05, 3.63) is 51.9 Å². The molecule has 2 heterocycles. The lowest BCUT2D eigenvalue weighted by Crippen LogP contribution is -2.30. The fourth-order valence-corrected chi connectivity index (χ4v) is 4.07. The zero-order valence-electron chi connectivity index (χ0n) is 13.7. The molecule has 8 heteroatoms. The number of aromatic amines is 1. The van der Waals surface area contributed by atoms with Crippen LogP contribution in [0.1, 0.15) is 12.7 Å². The minimum absolute atomic E-state index is 0.158. The molecule has 0 aliphatic carbocycles. The lowest BCUT2D eigenvalue weighted by atomic mass is 10.1. The molecule has 130 valence electrons. The van der Waals surface area contributed by atoms with Crippen LogP contribution in [-0.2, 0) is 15.4 Å². The quantitative estimate of drug-likeness (QED) is 0.647. The monoisotopic (exact) mass is 375 g/mol. The molecule has 3 rings (SSSR count). The number of hydroxylamine groups is 1. The number of amides is 1. The van der Waals surface area contributed by atoms with Gasteiger partial charge in [-0.2, -0.15) is 0 Å². The maximum absolute atomic E-state index is 12.5. The average molecular weight is 375 g/mol. The van der Waals surface area contributed by atoms with Crippen LogP contribution in [0.5, 0.6) is 0 Å². The van der Waals surface area contributed by atoms with E-state index in [9.17, 15) is 9.59 Å². The van der Waals surface area contributed by atoms with Gasteiger partial charge in [0.1, 0.15) is 10.7 Å². The molecule has 0 fully saturated rings. The number of aromatic nitrogens is 2. The zero-order chi connectivity index (χ0) is 17.8. The van der Waals surface area contributed by atoms with Crippen molar-refractivity contribution in [2.45, 2.75) is 17.9 Å². The van der Waals surface area contributed by atoms with Crippen LogP contribution in [-0.4, -0.2) is 28.2 Å². The third-order valence-electron chi connectivity index (χ3n) is 3.62. The van der Waals surface area contributed by atoms with Crippen molar-refractivity contribution in [1.82, 2.24) is 15.4 Å². The number of nitrogens with zero attached hydrogens (tertiary/aromatic N) is 1. The summed E-state index contributed by atoms with van der Waals surface area (Å²) in [6.45, 7) is 1.77. The number of carbonyl (C=O) groups is 1. The Labute approximate surface area is 152 Å². The standard InChI is InChI=1S/C17H17N3O3S2/c1-10(15(21)20-23-2)24-9-13-18-16(22)14-12(8-25-17(14)19-13)11-6-4-3-5-7-11/h3-8,10H,9H2,1-2H3,(H,20,21)(H,18,19,22)/t10-/m1/s1. The van der Waals surface area contributed by atoms with Crippen molar-refractivity contribution < 1.29 is 9.63 Å². The summed E-state index contributed by atoms with van der Waals surface area (Å²) < 4.78 is 0. The number of thioether (sulfide) groups is 1. The van der Waals surface area contributed by atoms with Gasteiger partial charge in [0, 0.05) is 10.9 Å². The largest absolute Gasteiger partial charge is 0.309 e. The smallest absolute Gasteiger partial charge is 0.260 e. The van der Waals surface area contributed by atoms with Crippen LogP contribution in [0.4, 0.5) is 0 Å². The molecule has 0 aliphatic heterocycles. The number of H-pyrrole nitrogens is 1. The molecular weight excluding hydrogens is 358 g/mol. The van der Waals surface area contributed by atoms with Crippen LogP contribution in [0, 0.1) is 0 Å². The molecule has 1 atom stereocenters. The molecule has 0 saturated carbocycles. The van der Waals surface area contributed by atoms with Gasteiger partial charge in [-0.15, -0.1) is 23.1 Å². The van der Waals surface area contributed by atoms with Crippen molar-refractivity contribution >= 4 is 39.2 Å². The fraction of sp³-hybridized carbons (Fsp3) is 0.235. The molecule has 0 saturated heterocycles. The molecule has 1 amide bonds. The highest BCUT2D eigenvalue weighted by Gasteiger charge is 2.16. The van der Waals surface area contributed by atoms with Crippen LogP contribution in [0.15, 0.2) is 40.5 Å². The lowest BCUT2D eigenvalue weighted by molar-refractivity contribution is -0.130. The van der Waals surface area contributed by atoms with Gasteiger partial charge >= 0.3 is 0 Å². The van der Waals surface area contributed by atoms with E-state index < -0.39 is 0 Å². The van der Waals surface area contributed by atoms with Gasteiger partial charge in [-0.25, -0.2) is 10.5 Å². The normalized spacial score (nSPS) is 12.2. The minimum Gasteiger partial charge on any atom is -0.309 e. The first-order valence-electron chi connectivity index (χ1n) is 7.60. The Morgan fingerprint density at radius 2 is 2.16 bits per heavy atom. The molecule has 2 aromatic heterocycles. The molecule has 3 aromatic rings. The Hall–Kier alpha value is -2.16. The van der Waals surface area contributed by atoms with E-state index in [2.05, 4.69) is 20.3 Å². The number of nitrogens with one attached hydrogen (secondary N) is 2. The van der Waals surface area contributed by atoms with Crippen LogP contribution in [0.25, 0.3) is 21.3 Å². The number of benzene rings is 1. The Balaban J connectivity index is 1.84. The maximum atomic E-state index is 12.5. The van der Waals surface area contributed by atoms with Crippen molar-refractivity contribution in [2.24, 2.45) is 0 Å². The van der Waals surface area contributed by atoms with Crippen LogP contribution in [0.2, 0.25) is 0 Å². The van der Waals surface area contributed by atoms with Crippen LogP contribution < -0.4 is 11.0 Å². The molecule has 0 radical (unpaired) electrons. The summed E-state index contributed by atoms with van der Waals surface area (Å²) in [7, 11) is 1.39. The van der Waals surface area contributed by atoms with Crippen molar-refractivity contribution in [1.29, 1.82) is 0 Å². The number of thiophene rings is 1. The molecular formula is C17H17N3O3S2. The molecule has 0 aliphatic rings. The maximum Gasteiger partial charge on any atom is 0.260 e. The van der Waals surface area contributed by atoms with Gasteiger partial charge in [-0.3, -0.25) is 14.4 Å². The number of fused-ring (bicyclic) bond motifs is 1. The molecule has 0 bridgehead atoms. The van der Waals surface area contributed by atoms with E-state index in [1.165, 1.54) is 30.2 Å². The molecule has 2 N–H and O–H groups in total. The fourth-order valence-electron chi connectivity index (χ4n) is 2.36. The highest BCUT2D eigenvalue weighted by Crippen LogP contribution is 2.30. The summed E-state index contributed by atoms with van der Waals surface area (Å²) in [6.07, 6.45) is 0. The Morgan fingerprint density at radius 3 is 2.88 bits per heavy atom. The molecule has 0 unspecified atom stereocenters. The van der Waals surface area contributed by atoms with E-state index >= 15 is 0 Å². The third kappa shape index (κ3) is 3.92. The van der Waals surface area contributed by atoms with Crippen molar-refractivity contribution in [3.63, 3.8) is 0 Å². The first-order chi connectivity index (χ1) is 12.1. The average Bonchev–Trinajstić information content (AvgIpc) is 3.05. The number of hydrogen-bond acceptors (Lipinski definition) is 6. The van der Waals surface area contributed by atoms with Gasteiger partial charge in [-0.05, 0) is 12.5 Å². The number of rotatable bonds is 6. The predicted octanol–water partition coefficient (Wildman–Crippen LogP) is 2.95. The van der Waals surface area contributed by atoms with E-state index in [0.29, 0.717) is 21.8 Å². The van der Waals surface area contributed by atoms with Gasteiger partial charge in [-0.1, -0.05) is 30.3 Å².